The van der Waals surface area contributed by atoms with Gasteiger partial charge in [0.25, 0.3) is 0 Å². The summed E-state index contributed by atoms with van der Waals surface area (Å²) in [5.41, 5.74) is 10.2. The van der Waals surface area contributed by atoms with Crippen molar-refractivity contribution in [2.45, 2.75) is 19.8 Å². The smallest absolute Gasteiger partial charge is 0.220 e. The first-order chi connectivity index (χ1) is 4.54. The van der Waals surface area contributed by atoms with Gasteiger partial charge < -0.3 is 11.5 Å². The molecule has 10 heavy (non-hydrogen) atoms. The van der Waals surface area contributed by atoms with Crippen LogP contribution in [-0.2, 0) is 4.79 Å². The molecule has 0 aromatic heterocycles. The maximum Gasteiger partial charge on any atom is 0.220 e. The van der Waals surface area contributed by atoms with Crippen LogP contribution in [0.15, 0.2) is 0 Å². The minimum atomic E-state index is -0.295. The molecule has 0 heterocycles. The molecular formula is C6H12N2OS. The van der Waals surface area contributed by atoms with Crippen LogP contribution >= 0.6 is 12.2 Å². The number of primary amides is 1. The predicted octanol–water partition coefficient (Wildman–Crippen LogP) is 0.174. The molecule has 0 bridgehead atoms. The summed E-state index contributed by atoms with van der Waals surface area (Å²) < 4.78 is 0. The lowest BCUT2D eigenvalue weighted by Crippen LogP contribution is -2.22. The summed E-state index contributed by atoms with van der Waals surface area (Å²) in [6.07, 6.45) is 1.25. The van der Waals surface area contributed by atoms with E-state index in [1.807, 2.05) is 0 Å². The summed E-state index contributed by atoms with van der Waals surface area (Å²) in [4.78, 5) is 10.9. The Labute approximate surface area is 65.8 Å². The van der Waals surface area contributed by atoms with Gasteiger partial charge in [-0.3, -0.25) is 4.79 Å². The molecule has 3 nitrogen and oxygen atoms in total. The highest BCUT2D eigenvalue weighted by Gasteiger charge is 2.07. The molecular weight excluding hydrogens is 148 g/mol. The number of carbonyl (C=O) groups is 1. The van der Waals surface area contributed by atoms with Gasteiger partial charge in [0.15, 0.2) is 0 Å². The van der Waals surface area contributed by atoms with E-state index in [-0.39, 0.29) is 11.8 Å². The van der Waals surface area contributed by atoms with Crippen molar-refractivity contribution in [3.63, 3.8) is 0 Å². The molecule has 58 valence electrons. The molecule has 0 aliphatic rings. The number of hydrogen-bond acceptors (Lipinski definition) is 2. The summed E-state index contributed by atoms with van der Waals surface area (Å²) in [7, 11) is 0. The fourth-order valence-corrected chi connectivity index (χ4v) is 0.619. The van der Waals surface area contributed by atoms with E-state index in [1.54, 1.807) is 6.92 Å². The molecule has 0 aromatic carbocycles. The molecule has 0 saturated heterocycles. The maximum absolute atomic E-state index is 10.4. The normalized spacial score (nSPS) is 12.5. The molecule has 4 heteroatoms. The minimum absolute atomic E-state index is 0.124. The van der Waals surface area contributed by atoms with E-state index in [0.29, 0.717) is 17.8 Å². The average Bonchev–Trinajstić information content (AvgIpc) is 1.82. The molecule has 4 N–H and O–H groups in total. The fraction of sp³-hybridized carbons (Fsp3) is 0.667. The van der Waals surface area contributed by atoms with Gasteiger partial charge in [-0.05, 0) is 12.8 Å². The lowest BCUT2D eigenvalue weighted by Gasteiger charge is -2.04. The molecule has 0 fully saturated rings. The van der Waals surface area contributed by atoms with Gasteiger partial charge in [0.1, 0.15) is 0 Å². The lowest BCUT2D eigenvalue weighted by molar-refractivity contribution is -0.121. The van der Waals surface area contributed by atoms with Gasteiger partial charge >= 0.3 is 0 Å². The third kappa shape index (κ3) is 4.26. The van der Waals surface area contributed by atoms with Crippen molar-refractivity contribution in [3.8, 4) is 0 Å². The predicted molar refractivity (Wildman–Crippen MR) is 44.4 cm³/mol. The van der Waals surface area contributed by atoms with Crippen molar-refractivity contribution in [2.75, 3.05) is 0 Å². The zero-order valence-electron chi connectivity index (χ0n) is 5.96. The number of nitrogens with two attached hydrogens (primary N) is 2. The molecule has 0 radical (unpaired) electrons. The largest absolute Gasteiger partial charge is 0.393 e. The molecule has 0 aromatic rings. The van der Waals surface area contributed by atoms with Crippen molar-refractivity contribution in [3.05, 3.63) is 0 Å². The molecule has 0 aliphatic carbocycles. The van der Waals surface area contributed by atoms with E-state index >= 15 is 0 Å². The average molecular weight is 160 g/mol. The standard InChI is InChI=1S/C6H12N2OS/c1-4(6(8)9)2-3-5(7)10/h4H,2-3H2,1H3,(H2,7,10)(H2,8,9). The molecule has 1 atom stereocenters. The quantitative estimate of drug-likeness (QED) is 0.576. The van der Waals surface area contributed by atoms with Crippen LogP contribution in [0.1, 0.15) is 19.8 Å². The molecule has 0 spiro atoms. The van der Waals surface area contributed by atoms with Crippen LogP contribution in [0, 0.1) is 5.92 Å². The number of amides is 1. The molecule has 1 amide bonds. The van der Waals surface area contributed by atoms with Gasteiger partial charge in [-0.1, -0.05) is 19.1 Å². The van der Waals surface area contributed by atoms with E-state index in [9.17, 15) is 4.79 Å². The summed E-state index contributed by atoms with van der Waals surface area (Å²) >= 11 is 4.63. The molecule has 1 unspecified atom stereocenters. The minimum Gasteiger partial charge on any atom is -0.393 e. The second-order valence-electron chi connectivity index (χ2n) is 2.31. The highest BCUT2D eigenvalue weighted by molar-refractivity contribution is 7.80. The number of hydrogen-bond donors (Lipinski definition) is 2. The highest BCUT2D eigenvalue weighted by atomic mass is 32.1. The summed E-state index contributed by atoms with van der Waals surface area (Å²) in [5, 5.41) is 0. The Hall–Kier alpha value is -0.640. The van der Waals surface area contributed by atoms with E-state index in [2.05, 4.69) is 12.2 Å². The van der Waals surface area contributed by atoms with Crippen LogP contribution < -0.4 is 11.5 Å². The van der Waals surface area contributed by atoms with E-state index < -0.39 is 0 Å². The first-order valence-corrected chi connectivity index (χ1v) is 3.52. The van der Waals surface area contributed by atoms with Crippen LogP contribution in [0.4, 0.5) is 0 Å². The third-order valence-electron chi connectivity index (χ3n) is 1.31. The monoisotopic (exact) mass is 160 g/mol. The van der Waals surface area contributed by atoms with Gasteiger partial charge in [-0.2, -0.15) is 0 Å². The Morgan fingerprint density at radius 1 is 1.60 bits per heavy atom. The molecule has 0 saturated carbocycles. The Kier molecular flexibility index (Phi) is 3.95. The first-order valence-electron chi connectivity index (χ1n) is 3.11. The Morgan fingerprint density at radius 3 is 2.40 bits per heavy atom. The zero-order chi connectivity index (χ0) is 8.15. The fourth-order valence-electron chi connectivity index (χ4n) is 0.501. The SMILES string of the molecule is CC(CCC(N)=S)C(N)=O. The maximum atomic E-state index is 10.4. The van der Waals surface area contributed by atoms with Gasteiger partial charge in [0, 0.05) is 5.92 Å². The number of thiocarbonyl (C=S) groups is 1. The number of carbonyl (C=O) groups excluding carboxylic acids is 1. The van der Waals surface area contributed by atoms with Crippen LogP contribution in [0.3, 0.4) is 0 Å². The van der Waals surface area contributed by atoms with Crippen molar-refractivity contribution < 1.29 is 4.79 Å². The van der Waals surface area contributed by atoms with Gasteiger partial charge in [-0.15, -0.1) is 0 Å². The summed E-state index contributed by atoms with van der Waals surface area (Å²) in [5.74, 6) is -0.419. The van der Waals surface area contributed by atoms with Crippen molar-refractivity contribution in [2.24, 2.45) is 17.4 Å². The Bertz CT molecular complexity index is 147. The van der Waals surface area contributed by atoms with Crippen molar-refractivity contribution >= 4 is 23.1 Å². The topological polar surface area (TPSA) is 69.1 Å². The highest BCUT2D eigenvalue weighted by Crippen LogP contribution is 2.03. The van der Waals surface area contributed by atoms with Crippen LogP contribution in [-0.4, -0.2) is 10.9 Å². The number of rotatable bonds is 4. The first kappa shape index (κ1) is 9.36. The van der Waals surface area contributed by atoms with Crippen molar-refractivity contribution in [1.82, 2.24) is 0 Å². The second kappa shape index (κ2) is 4.22. The molecule has 0 rings (SSSR count). The zero-order valence-corrected chi connectivity index (χ0v) is 6.78. The van der Waals surface area contributed by atoms with Crippen molar-refractivity contribution in [1.29, 1.82) is 0 Å². The second-order valence-corrected chi connectivity index (χ2v) is 2.83. The van der Waals surface area contributed by atoms with Gasteiger partial charge in [0.2, 0.25) is 5.91 Å². The van der Waals surface area contributed by atoms with Crippen LogP contribution in [0.2, 0.25) is 0 Å². The Balaban J connectivity index is 3.49. The molecule has 0 aliphatic heterocycles. The van der Waals surface area contributed by atoms with Crippen LogP contribution in [0.5, 0.6) is 0 Å². The van der Waals surface area contributed by atoms with Gasteiger partial charge in [-0.25, -0.2) is 0 Å². The van der Waals surface area contributed by atoms with Gasteiger partial charge in [0.05, 0.1) is 4.99 Å². The van der Waals surface area contributed by atoms with E-state index in [1.165, 1.54) is 0 Å². The summed E-state index contributed by atoms with van der Waals surface area (Å²) in [6, 6.07) is 0. The van der Waals surface area contributed by atoms with Crippen LogP contribution in [0.25, 0.3) is 0 Å². The van der Waals surface area contributed by atoms with E-state index in [0.717, 1.165) is 0 Å². The summed E-state index contributed by atoms with van der Waals surface area (Å²) in [6.45, 7) is 1.76. The Morgan fingerprint density at radius 2 is 2.10 bits per heavy atom. The lowest BCUT2D eigenvalue weighted by atomic mass is 10.1. The third-order valence-corrected chi connectivity index (χ3v) is 1.51. The van der Waals surface area contributed by atoms with E-state index in [4.69, 9.17) is 11.5 Å².